The molecule has 1 aliphatic carbocycles. The molecule has 1 saturated carbocycles. The van der Waals surface area contributed by atoms with E-state index in [1.54, 1.807) is 4.90 Å². The molecule has 2 fully saturated rings. The highest BCUT2D eigenvalue weighted by atomic mass is 16.2. The smallest absolute Gasteiger partial charge is 0.255 e. The van der Waals surface area contributed by atoms with Gasteiger partial charge < -0.3 is 16.0 Å². The van der Waals surface area contributed by atoms with Gasteiger partial charge in [0.25, 0.3) is 5.91 Å². The second kappa shape index (κ2) is 6.24. The summed E-state index contributed by atoms with van der Waals surface area (Å²) in [6.45, 7) is 1.13. The molecular weight excluding hydrogens is 320 g/mol. The van der Waals surface area contributed by atoms with Crippen molar-refractivity contribution in [3.8, 4) is 0 Å². The van der Waals surface area contributed by atoms with Gasteiger partial charge >= 0.3 is 0 Å². The van der Waals surface area contributed by atoms with Crippen LogP contribution in [-0.4, -0.2) is 40.7 Å². The van der Waals surface area contributed by atoms with Crippen LogP contribution >= 0.6 is 0 Å². The van der Waals surface area contributed by atoms with E-state index < -0.39 is 6.04 Å². The quantitative estimate of drug-likeness (QED) is 0.670. The standard InChI is InChI=1S/C18H22N4O3/c19-13-3-4-14(13)20-8-10-1-2-12-11(7-10)9-22(18(12)25)15-5-6-16(23)21-17(15)24/h1-2,7,13-15,20H,3-6,8-9,19H2,(H,21,23,24)/t13-,14+,15?/m1/s1. The van der Waals surface area contributed by atoms with E-state index in [2.05, 4.69) is 10.6 Å². The summed E-state index contributed by atoms with van der Waals surface area (Å²) in [7, 11) is 0. The van der Waals surface area contributed by atoms with Gasteiger partial charge in [0.05, 0.1) is 0 Å². The Kier molecular flexibility index (Phi) is 4.05. The number of rotatable bonds is 4. The SMILES string of the molecule is N[C@@H]1CC[C@@H]1NCc1ccc2c(c1)CN(C1CCC(=O)NC1=O)C2=O. The van der Waals surface area contributed by atoms with Crippen molar-refractivity contribution in [2.45, 2.75) is 56.9 Å². The molecule has 4 rings (SSSR count). The number of nitrogens with zero attached hydrogens (tertiary/aromatic N) is 1. The summed E-state index contributed by atoms with van der Waals surface area (Å²) >= 11 is 0. The molecule has 0 spiro atoms. The fourth-order valence-electron chi connectivity index (χ4n) is 3.77. The fourth-order valence-corrected chi connectivity index (χ4v) is 3.77. The summed E-state index contributed by atoms with van der Waals surface area (Å²) in [5.74, 6) is -0.781. The van der Waals surface area contributed by atoms with Crippen LogP contribution in [0.15, 0.2) is 18.2 Å². The van der Waals surface area contributed by atoms with Crippen molar-refractivity contribution in [1.82, 2.24) is 15.5 Å². The third-order valence-electron chi connectivity index (χ3n) is 5.48. The number of carbonyl (C=O) groups is 3. The minimum atomic E-state index is -0.563. The van der Waals surface area contributed by atoms with E-state index >= 15 is 0 Å². The van der Waals surface area contributed by atoms with Crippen LogP contribution in [0.1, 0.15) is 47.2 Å². The molecule has 0 radical (unpaired) electrons. The Balaban J connectivity index is 1.45. The van der Waals surface area contributed by atoms with Crippen molar-refractivity contribution < 1.29 is 14.4 Å². The van der Waals surface area contributed by atoms with Gasteiger partial charge in [-0.15, -0.1) is 0 Å². The first kappa shape index (κ1) is 16.2. The number of amides is 3. The Bertz CT molecular complexity index is 748. The number of carbonyl (C=O) groups excluding carboxylic acids is 3. The molecule has 7 heteroatoms. The first-order valence-corrected chi connectivity index (χ1v) is 8.78. The lowest BCUT2D eigenvalue weighted by atomic mass is 9.87. The van der Waals surface area contributed by atoms with Crippen molar-refractivity contribution in [1.29, 1.82) is 0 Å². The van der Waals surface area contributed by atoms with Crippen LogP contribution < -0.4 is 16.4 Å². The minimum absolute atomic E-state index is 0.134. The predicted molar refractivity (Wildman–Crippen MR) is 90.3 cm³/mol. The van der Waals surface area contributed by atoms with Gasteiger partial charge in [-0.3, -0.25) is 19.7 Å². The number of hydrogen-bond acceptors (Lipinski definition) is 5. The third kappa shape index (κ3) is 2.94. The molecule has 132 valence electrons. The molecule has 2 heterocycles. The zero-order valence-corrected chi connectivity index (χ0v) is 14.0. The van der Waals surface area contributed by atoms with Gasteiger partial charge in [-0.2, -0.15) is 0 Å². The molecule has 3 aliphatic rings. The third-order valence-corrected chi connectivity index (χ3v) is 5.48. The number of piperidine rings is 1. The van der Waals surface area contributed by atoms with E-state index in [1.807, 2.05) is 18.2 Å². The van der Waals surface area contributed by atoms with Crippen LogP contribution in [0.5, 0.6) is 0 Å². The molecular formula is C18H22N4O3. The van der Waals surface area contributed by atoms with Crippen LogP contribution in [-0.2, 0) is 22.7 Å². The Hall–Kier alpha value is -2.25. The zero-order chi connectivity index (χ0) is 17.6. The van der Waals surface area contributed by atoms with Crippen molar-refractivity contribution in [3.63, 3.8) is 0 Å². The Morgan fingerprint density at radius 1 is 1.20 bits per heavy atom. The largest absolute Gasteiger partial charge is 0.326 e. The number of nitrogens with one attached hydrogen (secondary N) is 2. The van der Waals surface area contributed by atoms with Crippen LogP contribution in [0.4, 0.5) is 0 Å². The first-order chi connectivity index (χ1) is 12.0. The maximum Gasteiger partial charge on any atom is 0.255 e. The number of benzene rings is 1. The molecule has 7 nitrogen and oxygen atoms in total. The van der Waals surface area contributed by atoms with E-state index in [0.717, 1.165) is 30.5 Å². The molecule has 3 amide bonds. The molecule has 25 heavy (non-hydrogen) atoms. The summed E-state index contributed by atoms with van der Waals surface area (Å²) in [6.07, 6.45) is 2.83. The van der Waals surface area contributed by atoms with Gasteiger partial charge in [-0.25, -0.2) is 0 Å². The Morgan fingerprint density at radius 2 is 2.04 bits per heavy atom. The van der Waals surface area contributed by atoms with Gasteiger partial charge in [0.1, 0.15) is 6.04 Å². The monoisotopic (exact) mass is 342 g/mol. The highest BCUT2D eigenvalue weighted by Gasteiger charge is 2.39. The number of fused-ring (bicyclic) bond motifs is 1. The number of hydrogen-bond donors (Lipinski definition) is 3. The maximum absolute atomic E-state index is 12.6. The van der Waals surface area contributed by atoms with E-state index in [1.165, 1.54) is 0 Å². The summed E-state index contributed by atoms with van der Waals surface area (Å²) in [6, 6.07) is 5.85. The topological polar surface area (TPSA) is 105 Å². The molecule has 1 aromatic carbocycles. The minimum Gasteiger partial charge on any atom is -0.326 e. The first-order valence-electron chi connectivity index (χ1n) is 8.78. The average Bonchev–Trinajstić information content (AvgIpc) is 2.90. The Morgan fingerprint density at radius 3 is 2.72 bits per heavy atom. The lowest BCUT2D eigenvalue weighted by Gasteiger charge is -2.34. The predicted octanol–water partition coefficient (Wildman–Crippen LogP) is 0.0269. The molecule has 4 N–H and O–H groups in total. The average molecular weight is 342 g/mol. The summed E-state index contributed by atoms with van der Waals surface area (Å²) in [5.41, 5.74) is 8.63. The molecule has 3 atom stereocenters. The zero-order valence-electron chi connectivity index (χ0n) is 14.0. The fraction of sp³-hybridized carbons (Fsp3) is 0.500. The molecule has 1 unspecified atom stereocenters. The second-order valence-corrected chi connectivity index (χ2v) is 7.12. The molecule has 0 aromatic heterocycles. The lowest BCUT2D eigenvalue weighted by Crippen LogP contribution is -2.52. The number of nitrogens with two attached hydrogens (primary N) is 1. The van der Waals surface area contributed by atoms with Gasteiger partial charge in [-0.05, 0) is 36.5 Å². The van der Waals surface area contributed by atoms with Crippen molar-refractivity contribution in [2.24, 2.45) is 5.73 Å². The normalized spacial score (nSPS) is 28.6. The van der Waals surface area contributed by atoms with Crippen LogP contribution in [0.25, 0.3) is 0 Å². The van der Waals surface area contributed by atoms with E-state index in [9.17, 15) is 14.4 Å². The van der Waals surface area contributed by atoms with Crippen LogP contribution in [0.2, 0.25) is 0 Å². The summed E-state index contributed by atoms with van der Waals surface area (Å²) < 4.78 is 0. The van der Waals surface area contributed by atoms with Crippen molar-refractivity contribution in [2.75, 3.05) is 0 Å². The van der Waals surface area contributed by atoms with E-state index in [-0.39, 0.29) is 30.2 Å². The Labute approximate surface area is 145 Å². The highest BCUT2D eigenvalue weighted by Crippen LogP contribution is 2.28. The highest BCUT2D eigenvalue weighted by molar-refractivity contribution is 6.05. The van der Waals surface area contributed by atoms with Gasteiger partial charge in [-0.1, -0.05) is 12.1 Å². The summed E-state index contributed by atoms with van der Waals surface area (Å²) in [5, 5.41) is 5.77. The van der Waals surface area contributed by atoms with Gasteiger partial charge in [0.2, 0.25) is 11.8 Å². The van der Waals surface area contributed by atoms with E-state index in [4.69, 9.17) is 5.73 Å². The van der Waals surface area contributed by atoms with E-state index in [0.29, 0.717) is 24.6 Å². The lowest BCUT2D eigenvalue weighted by molar-refractivity contribution is -0.136. The molecule has 1 aromatic rings. The van der Waals surface area contributed by atoms with Gasteiger partial charge in [0, 0.05) is 37.2 Å². The summed E-state index contributed by atoms with van der Waals surface area (Å²) in [4.78, 5) is 37.6. The maximum atomic E-state index is 12.6. The molecule has 2 aliphatic heterocycles. The van der Waals surface area contributed by atoms with Crippen LogP contribution in [0, 0.1) is 0 Å². The molecule has 1 saturated heterocycles. The van der Waals surface area contributed by atoms with Crippen molar-refractivity contribution >= 4 is 17.7 Å². The van der Waals surface area contributed by atoms with Crippen LogP contribution in [0.3, 0.4) is 0 Å². The molecule has 0 bridgehead atoms. The van der Waals surface area contributed by atoms with Gasteiger partial charge in [0.15, 0.2) is 0 Å². The second-order valence-electron chi connectivity index (χ2n) is 7.12. The number of imide groups is 1. The van der Waals surface area contributed by atoms with Crippen molar-refractivity contribution in [3.05, 3.63) is 34.9 Å².